The van der Waals surface area contributed by atoms with E-state index >= 15 is 0 Å². The van der Waals surface area contributed by atoms with Gasteiger partial charge in [0.2, 0.25) is 0 Å². The average molecular weight is 273 g/mol. The van der Waals surface area contributed by atoms with Crippen LogP contribution in [-0.2, 0) is 0 Å². The van der Waals surface area contributed by atoms with Gasteiger partial charge in [0.1, 0.15) is 0 Å². The van der Waals surface area contributed by atoms with Crippen molar-refractivity contribution in [1.82, 2.24) is 4.90 Å². The van der Waals surface area contributed by atoms with E-state index in [1.165, 1.54) is 19.4 Å². The fourth-order valence-electron chi connectivity index (χ4n) is 2.35. The van der Waals surface area contributed by atoms with Gasteiger partial charge in [-0.15, -0.1) is 0 Å². The zero-order valence-corrected chi connectivity index (χ0v) is 11.6. The maximum atomic E-state index is 6.12. The molecule has 4 heteroatoms. The van der Waals surface area contributed by atoms with Crippen molar-refractivity contribution in [2.75, 3.05) is 32.0 Å². The number of anilines is 1. The Morgan fingerprint density at radius 1 is 1.35 bits per heavy atom. The van der Waals surface area contributed by atoms with E-state index < -0.39 is 0 Å². The molecule has 1 fully saturated rings. The highest BCUT2D eigenvalue weighted by atomic mass is 35.5. The predicted octanol–water partition coefficient (Wildman–Crippen LogP) is 3.75. The first kappa shape index (κ1) is 13.0. The van der Waals surface area contributed by atoms with Crippen LogP contribution in [0.15, 0.2) is 18.2 Å². The molecule has 0 radical (unpaired) electrons. The van der Waals surface area contributed by atoms with Crippen LogP contribution in [0.4, 0.5) is 5.69 Å². The fraction of sp³-hybridized carbons (Fsp3) is 0.538. The molecule has 0 saturated carbocycles. The molecule has 0 amide bonds. The SMILES string of the molecule is CN1CCCC(CNc2c(Cl)cccc2Cl)C1. The Morgan fingerprint density at radius 3 is 2.71 bits per heavy atom. The summed E-state index contributed by atoms with van der Waals surface area (Å²) in [6.07, 6.45) is 2.55. The molecular weight excluding hydrogens is 255 g/mol. The normalized spacial score (nSPS) is 21.5. The molecule has 17 heavy (non-hydrogen) atoms. The standard InChI is InChI=1S/C13H18Cl2N2/c1-17-7-3-4-10(9-17)8-16-13-11(14)5-2-6-12(13)15/h2,5-6,10,16H,3-4,7-9H2,1H3. The van der Waals surface area contributed by atoms with Crippen LogP contribution in [-0.4, -0.2) is 31.6 Å². The summed E-state index contributed by atoms with van der Waals surface area (Å²) in [5.41, 5.74) is 0.865. The number of hydrogen-bond donors (Lipinski definition) is 1. The van der Waals surface area contributed by atoms with Crippen molar-refractivity contribution >= 4 is 28.9 Å². The molecule has 2 nitrogen and oxygen atoms in total. The Balaban J connectivity index is 1.93. The minimum atomic E-state index is 0.682. The molecule has 1 aliphatic rings. The third-order valence-corrected chi connectivity index (χ3v) is 3.88. The zero-order chi connectivity index (χ0) is 12.3. The number of hydrogen-bond acceptors (Lipinski definition) is 2. The maximum absolute atomic E-state index is 6.12. The van der Waals surface area contributed by atoms with Gasteiger partial charge in [-0.05, 0) is 44.5 Å². The van der Waals surface area contributed by atoms with E-state index in [4.69, 9.17) is 23.2 Å². The number of nitrogens with zero attached hydrogens (tertiary/aromatic N) is 1. The Hall–Kier alpha value is -0.440. The van der Waals surface area contributed by atoms with Crippen LogP contribution < -0.4 is 5.32 Å². The summed E-state index contributed by atoms with van der Waals surface area (Å²) in [7, 11) is 2.18. The van der Waals surface area contributed by atoms with Crippen LogP contribution in [0, 0.1) is 5.92 Å². The molecule has 0 aromatic heterocycles. The van der Waals surface area contributed by atoms with Crippen LogP contribution in [0.5, 0.6) is 0 Å². The highest BCUT2D eigenvalue weighted by Gasteiger charge is 2.17. The number of halogens is 2. The lowest BCUT2D eigenvalue weighted by atomic mass is 9.98. The van der Waals surface area contributed by atoms with Crippen molar-refractivity contribution in [2.24, 2.45) is 5.92 Å². The molecule has 0 aliphatic carbocycles. The molecule has 0 spiro atoms. The summed E-state index contributed by atoms with van der Waals surface area (Å²) >= 11 is 12.2. The Kier molecular flexibility index (Phi) is 4.55. The van der Waals surface area contributed by atoms with Crippen molar-refractivity contribution in [3.63, 3.8) is 0 Å². The second kappa shape index (κ2) is 5.94. The van der Waals surface area contributed by atoms with Crippen molar-refractivity contribution in [1.29, 1.82) is 0 Å². The maximum Gasteiger partial charge on any atom is 0.0719 e. The van der Waals surface area contributed by atoms with E-state index in [0.717, 1.165) is 18.8 Å². The number of para-hydroxylation sites is 1. The van der Waals surface area contributed by atoms with Gasteiger partial charge in [-0.2, -0.15) is 0 Å². The van der Waals surface area contributed by atoms with Gasteiger partial charge in [0.15, 0.2) is 0 Å². The van der Waals surface area contributed by atoms with Gasteiger partial charge in [-0.1, -0.05) is 29.3 Å². The van der Waals surface area contributed by atoms with Crippen LogP contribution >= 0.6 is 23.2 Å². The molecule has 1 saturated heterocycles. The van der Waals surface area contributed by atoms with Gasteiger partial charge in [0.25, 0.3) is 0 Å². The number of piperidine rings is 1. The van der Waals surface area contributed by atoms with E-state index in [9.17, 15) is 0 Å². The van der Waals surface area contributed by atoms with Gasteiger partial charge in [0.05, 0.1) is 15.7 Å². The summed E-state index contributed by atoms with van der Waals surface area (Å²) in [6, 6.07) is 5.59. The van der Waals surface area contributed by atoms with Gasteiger partial charge < -0.3 is 10.2 Å². The summed E-state index contributed by atoms with van der Waals surface area (Å²) in [5.74, 6) is 0.682. The smallest absolute Gasteiger partial charge is 0.0719 e. The molecule has 1 aromatic rings. The first-order valence-electron chi connectivity index (χ1n) is 6.03. The Morgan fingerprint density at radius 2 is 2.06 bits per heavy atom. The molecule has 1 unspecified atom stereocenters. The van der Waals surface area contributed by atoms with E-state index in [0.29, 0.717) is 16.0 Å². The topological polar surface area (TPSA) is 15.3 Å². The average Bonchev–Trinajstić information content (AvgIpc) is 2.28. The molecule has 1 heterocycles. The third kappa shape index (κ3) is 3.51. The second-order valence-electron chi connectivity index (χ2n) is 4.75. The van der Waals surface area contributed by atoms with Crippen molar-refractivity contribution in [3.05, 3.63) is 28.2 Å². The third-order valence-electron chi connectivity index (χ3n) is 3.25. The zero-order valence-electron chi connectivity index (χ0n) is 10.0. The highest BCUT2D eigenvalue weighted by Crippen LogP contribution is 2.30. The minimum Gasteiger partial charge on any atom is -0.382 e. The van der Waals surface area contributed by atoms with Crippen molar-refractivity contribution in [3.8, 4) is 0 Å². The van der Waals surface area contributed by atoms with E-state index in [2.05, 4.69) is 17.3 Å². The Labute approximate surface area is 113 Å². The van der Waals surface area contributed by atoms with E-state index in [1.54, 1.807) is 0 Å². The quantitative estimate of drug-likeness (QED) is 0.902. The molecule has 1 atom stereocenters. The summed E-state index contributed by atoms with van der Waals surface area (Å²) in [6.45, 7) is 3.30. The predicted molar refractivity (Wildman–Crippen MR) is 75.2 cm³/mol. The molecule has 94 valence electrons. The van der Waals surface area contributed by atoms with Crippen LogP contribution in [0.25, 0.3) is 0 Å². The minimum absolute atomic E-state index is 0.682. The summed E-state index contributed by atoms with van der Waals surface area (Å²) < 4.78 is 0. The molecule has 1 N–H and O–H groups in total. The van der Waals surface area contributed by atoms with Gasteiger partial charge >= 0.3 is 0 Å². The molecule has 2 rings (SSSR count). The lowest BCUT2D eigenvalue weighted by Crippen LogP contribution is -2.35. The monoisotopic (exact) mass is 272 g/mol. The largest absolute Gasteiger partial charge is 0.382 e. The molecule has 1 aliphatic heterocycles. The van der Waals surface area contributed by atoms with E-state index in [-0.39, 0.29) is 0 Å². The van der Waals surface area contributed by atoms with Crippen molar-refractivity contribution < 1.29 is 0 Å². The first-order chi connectivity index (χ1) is 8.16. The van der Waals surface area contributed by atoms with E-state index in [1.807, 2.05) is 18.2 Å². The second-order valence-corrected chi connectivity index (χ2v) is 5.56. The lowest BCUT2D eigenvalue weighted by molar-refractivity contribution is 0.217. The molecule has 1 aromatic carbocycles. The lowest BCUT2D eigenvalue weighted by Gasteiger charge is -2.30. The first-order valence-corrected chi connectivity index (χ1v) is 6.79. The number of nitrogens with one attached hydrogen (secondary N) is 1. The number of rotatable bonds is 3. The Bertz CT molecular complexity index is 361. The van der Waals surface area contributed by atoms with Crippen LogP contribution in [0.1, 0.15) is 12.8 Å². The van der Waals surface area contributed by atoms with Gasteiger partial charge in [-0.3, -0.25) is 0 Å². The highest BCUT2D eigenvalue weighted by molar-refractivity contribution is 6.39. The van der Waals surface area contributed by atoms with Gasteiger partial charge in [-0.25, -0.2) is 0 Å². The van der Waals surface area contributed by atoms with Crippen molar-refractivity contribution in [2.45, 2.75) is 12.8 Å². The number of likely N-dealkylation sites (tertiary alicyclic amines) is 1. The number of benzene rings is 1. The van der Waals surface area contributed by atoms with Crippen LogP contribution in [0.2, 0.25) is 10.0 Å². The fourth-order valence-corrected chi connectivity index (χ4v) is 2.88. The molecule has 0 bridgehead atoms. The van der Waals surface area contributed by atoms with Gasteiger partial charge in [0, 0.05) is 13.1 Å². The summed E-state index contributed by atoms with van der Waals surface area (Å²) in [5, 5.41) is 4.77. The molecular formula is C13H18Cl2N2. The summed E-state index contributed by atoms with van der Waals surface area (Å²) in [4.78, 5) is 2.38. The van der Waals surface area contributed by atoms with Crippen LogP contribution in [0.3, 0.4) is 0 Å².